The van der Waals surface area contributed by atoms with Crippen molar-refractivity contribution >= 4 is 17.6 Å². The quantitative estimate of drug-likeness (QED) is 0.770. The molecule has 0 bridgehead atoms. The van der Waals surface area contributed by atoms with Crippen molar-refractivity contribution in [2.45, 2.75) is 33.1 Å². The lowest BCUT2D eigenvalue weighted by Gasteiger charge is -2.22. The lowest BCUT2D eigenvalue weighted by atomic mass is 9.89. The normalized spacial score (nSPS) is 23.6. The second-order valence-electron chi connectivity index (χ2n) is 4.91. The van der Waals surface area contributed by atoms with Crippen molar-refractivity contribution in [2.75, 3.05) is 20.1 Å². The highest BCUT2D eigenvalue weighted by Crippen LogP contribution is 2.30. The monoisotopic (exact) mass is 240 g/mol. The zero-order valence-electron chi connectivity index (χ0n) is 10.7. The molecule has 0 saturated carbocycles. The molecule has 0 radical (unpaired) electrons. The summed E-state index contributed by atoms with van der Waals surface area (Å²) in [5.74, 6) is -0.0428. The third-order valence-electron chi connectivity index (χ3n) is 3.29. The molecule has 1 heterocycles. The number of amides is 2. The maximum atomic E-state index is 11.8. The Kier molecular flexibility index (Phi) is 4.26. The predicted octanol–water partition coefficient (Wildman–Crippen LogP) is 0.340. The number of Topliss-reactive ketones (excluding diaryl/α,β-unsaturated/α-hetero) is 1. The summed E-state index contributed by atoms with van der Waals surface area (Å²) in [5.41, 5.74) is -0.485. The Morgan fingerprint density at radius 2 is 1.94 bits per heavy atom. The van der Waals surface area contributed by atoms with E-state index in [0.717, 1.165) is 0 Å². The topological polar surface area (TPSA) is 66.5 Å². The van der Waals surface area contributed by atoms with Gasteiger partial charge in [0.1, 0.15) is 5.78 Å². The first-order valence-electron chi connectivity index (χ1n) is 5.88. The van der Waals surface area contributed by atoms with Gasteiger partial charge in [0.2, 0.25) is 11.8 Å². The first-order valence-corrected chi connectivity index (χ1v) is 5.88. The molecule has 2 amide bonds. The molecule has 1 saturated heterocycles. The minimum atomic E-state index is -0.485. The number of rotatable bonds is 4. The van der Waals surface area contributed by atoms with Gasteiger partial charge in [0, 0.05) is 33.0 Å². The van der Waals surface area contributed by atoms with Crippen LogP contribution in [0.25, 0.3) is 0 Å². The smallest absolute Gasteiger partial charge is 0.227 e. The highest BCUT2D eigenvalue weighted by Gasteiger charge is 2.41. The summed E-state index contributed by atoms with van der Waals surface area (Å²) in [7, 11) is 1.60. The number of ketones is 1. The van der Waals surface area contributed by atoms with Crippen molar-refractivity contribution in [3.05, 3.63) is 0 Å². The average molecular weight is 240 g/mol. The fraction of sp³-hybridized carbons (Fsp3) is 0.750. The molecule has 1 fully saturated rings. The van der Waals surface area contributed by atoms with Crippen LogP contribution in [0.1, 0.15) is 33.1 Å². The largest absolute Gasteiger partial charge is 0.359 e. The summed E-state index contributed by atoms with van der Waals surface area (Å²) in [5, 5.41) is 2.63. The van der Waals surface area contributed by atoms with Gasteiger partial charge in [0.25, 0.3) is 0 Å². The maximum absolute atomic E-state index is 11.8. The fourth-order valence-electron chi connectivity index (χ4n) is 2.10. The Morgan fingerprint density at radius 3 is 2.47 bits per heavy atom. The van der Waals surface area contributed by atoms with Crippen LogP contribution < -0.4 is 5.32 Å². The Bertz CT molecular complexity index is 341. The minimum absolute atomic E-state index is 0.0200. The van der Waals surface area contributed by atoms with Gasteiger partial charge in [0.15, 0.2) is 0 Å². The Labute approximate surface area is 102 Å². The van der Waals surface area contributed by atoms with Gasteiger partial charge in [-0.3, -0.25) is 9.59 Å². The van der Waals surface area contributed by atoms with Gasteiger partial charge in [0.05, 0.1) is 5.41 Å². The van der Waals surface area contributed by atoms with Crippen molar-refractivity contribution < 1.29 is 14.4 Å². The second-order valence-corrected chi connectivity index (χ2v) is 4.91. The molecule has 1 aliphatic rings. The number of carbonyl (C=O) groups excluding carboxylic acids is 3. The summed E-state index contributed by atoms with van der Waals surface area (Å²) in [4.78, 5) is 35.9. The van der Waals surface area contributed by atoms with E-state index in [0.29, 0.717) is 19.5 Å². The molecule has 5 heteroatoms. The average Bonchev–Trinajstić information content (AvgIpc) is 2.69. The number of carbonyl (C=O) groups is 3. The van der Waals surface area contributed by atoms with Gasteiger partial charge in [-0.1, -0.05) is 0 Å². The Morgan fingerprint density at radius 1 is 1.29 bits per heavy atom. The van der Waals surface area contributed by atoms with Crippen molar-refractivity contribution in [3.63, 3.8) is 0 Å². The maximum Gasteiger partial charge on any atom is 0.227 e. The van der Waals surface area contributed by atoms with E-state index in [4.69, 9.17) is 0 Å². The van der Waals surface area contributed by atoms with Crippen molar-refractivity contribution in [2.24, 2.45) is 5.41 Å². The number of nitrogens with one attached hydrogen (secondary N) is 1. The molecular weight excluding hydrogens is 220 g/mol. The van der Waals surface area contributed by atoms with Gasteiger partial charge in [-0.2, -0.15) is 0 Å². The molecule has 1 aliphatic heterocycles. The van der Waals surface area contributed by atoms with Gasteiger partial charge < -0.3 is 15.0 Å². The van der Waals surface area contributed by atoms with E-state index in [1.54, 1.807) is 11.9 Å². The fourth-order valence-corrected chi connectivity index (χ4v) is 2.10. The van der Waals surface area contributed by atoms with E-state index in [1.807, 2.05) is 6.92 Å². The molecule has 0 aromatic rings. The highest BCUT2D eigenvalue weighted by atomic mass is 16.2. The van der Waals surface area contributed by atoms with Crippen LogP contribution >= 0.6 is 0 Å². The third-order valence-corrected chi connectivity index (χ3v) is 3.29. The van der Waals surface area contributed by atoms with Crippen LogP contribution in [0.2, 0.25) is 0 Å². The van der Waals surface area contributed by atoms with E-state index < -0.39 is 5.41 Å². The molecule has 1 N–H and O–H groups in total. The molecule has 96 valence electrons. The summed E-state index contributed by atoms with van der Waals surface area (Å²) >= 11 is 0. The van der Waals surface area contributed by atoms with Crippen molar-refractivity contribution in [1.82, 2.24) is 10.2 Å². The molecule has 0 aromatic carbocycles. The molecule has 17 heavy (non-hydrogen) atoms. The van der Waals surface area contributed by atoms with E-state index >= 15 is 0 Å². The molecule has 0 aliphatic carbocycles. The molecule has 1 atom stereocenters. The van der Waals surface area contributed by atoms with Crippen LogP contribution in [0, 0.1) is 5.41 Å². The van der Waals surface area contributed by atoms with Crippen LogP contribution in [0.3, 0.4) is 0 Å². The molecule has 0 aromatic heterocycles. The predicted molar refractivity (Wildman–Crippen MR) is 63.3 cm³/mol. The van der Waals surface area contributed by atoms with Gasteiger partial charge in [-0.05, 0) is 20.3 Å². The first kappa shape index (κ1) is 13.7. The molecule has 0 spiro atoms. The minimum Gasteiger partial charge on any atom is -0.359 e. The second kappa shape index (κ2) is 5.29. The standard InChI is InChI=1S/C12H20N2O3/c1-9(15)4-5-10(16)14-7-6-12(2,8-14)11(17)13-3/h4-8H2,1-3H3,(H,13,17). The number of hydrogen-bond acceptors (Lipinski definition) is 3. The molecule has 1 unspecified atom stereocenters. The van der Waals surface area contributed by atoms with Crippen LogP contribution in [0.5, 0.6) is 0 Å². The summed E-state index contributed by atoms with van der Waals surface area (Å²) in [6.45, 7) is 4.39. The first-order chi connectivity index (χ1) is 7.89. The molecule has 5 nitrogen and oxygen atoms in total. The van der Waals surface area contributed by atoms with E-state index in [9.17, 15) is 14.4 Å². The zero-order valence-corrected chi connectivity index (χ0v) is 10.7. The molecular formula is C12H20N2O3. The van der Waals surface area contributed by atoms with Gasteiger partial charge >= 0.3 is 0 Å². The summed E-state index contributed by atoms with van der Waals surface area (Å²) in [6, 6.07) is 0. The number of nitrogens with zero attached hydrogens (tertiary/aromatic N) is 1. The van der Waals surface area contributed by atoms with Crippen LogP contribution in [0.4, 0.5) is 0 Å². The van der Waals surface area contributed by atoms with E-state index in [-0.39, 0.29) is 30.4 Å². The Hall–Kier alpha value is -1.39. The SMILES string of the molecule is CNC(=O)C1(C)CCN(C(=O)CCC(C)=O)C1. The van der Waals surface area contributed by atoms with Crippen molar-refractivity contribution in [1.29, 1.82) is 0 Å². The summed E-state index contributed by atoms with van der Waals surface area (Å²) in [6.07, 6.45) is 1.21. The third kappa shape index (κ3) is 3.28. The highest BCUT2D eigenvalue weighted by molar-refractivity contribution is 5.86. The van der Waals surface area contributed by atoms with Crippen LogP contribution in [-0.2, 0) is 14.4 Å². The Balaban J connectivity index is 2.52. The number of likely N-dealkylation sites (tertiary alicyclic amines) is 1. The van der Waals surface area contributed by atoms with Crippen molar-refractivity contribution in [3.8, 4) is 0 Å². The lowest BCUT2D eigenvalue weighted by Crippen LogP contribution is -2.40. The van der Waals surface area contributed by atoms with Gasteiger partial charge in [-0.15, -0.1) is 0 Å². The van der Waals surface area contributed by atoms with Crippen LogP contribution in [0.15, 0.2) is 0 Å². The lowest BCUT2D eigenvalue weighted by molar-refractivity contribution is -0.133. The number of hydrogen-bond donors (Lipinski definition) is 1. The van der Waals surface area contributed by atoms with E-state index in [2.05, 4.69) is 5.32 Å². The van der Waals surface area contributed by atoms with Gasteiger partial charge in [-0.25, -0.2) is 0 Å². The zero-order chi connectivity index (χ0) is 13.1. The molecule has 1 rings (SSSR count). The summed E-state index contributed by atoms with van der Waals surface area (Å²) < 4.78 is 0. The van der Waals surface area contributed by atoms with E-state index in [1.165, 1.54) is 6.92 Å². The van der Waals surface area contributed by atoms with Crippen LogP contribution in [-0.4, -0.2) is 42.6 Å².